The maximum atomic E-state index is 12.6. The van der Waals surface area contributed by atoms with Crippen molar-refractivity contribution in [1.29, 1.82) is 0 Å². The highest BCUT2D eigenvalue weighted by atomic mass is 35.5. The molecule has 2 amide bonds. The molecule has 1 fully saturated rings. The third-order valence-electron chi connectivity index (χ3n) is 5.67. The molecule has 2 aromatic carbocycles. The molecule has 0 radical (unpaired) electrons. The number of hydrogen-bond acceptors (Lipinski definition) is 5. The van der Waals surface area contributed by atoms with E-state index in [4.69, 9.17) is 16.0 Å². The molecule has 4 rings (SSSR count). The Bertz CT molecular complexity index is 1100. The van der Waals surface area contributed by atoms with E-state index in [1.165, 1.54) is 0 Å². The molecule has 33 heavy (non-hydrogen) atoms. The second-order valence-corrected chi connectivity index (χ2v) is 8.58. The predicted molar refractivity (Wildman–Crippen MR) is 128 cm³/mol. The molecular formula is C25H27ClN4O3. The fraction of sp³-hybridized carbons (Fsp3) is 0.320. The third kappa shape index (κ3) is 6.21. The van der Waals surface area contributed by atoms with Gasteiger partial charge in [0, 0.05) is 50.3 Å². The number of benzene rings is 2. The topological polar surface area (TPSA) is 78.7 Å². The Morgan fingerprint density at radius 3 is 2.52 bits per heavy atom. The van der Waals surface area contributed by atoms with E-state index >= 15 is 0 Å². The van der Waals surface area contributed by atoms with Crippen LogP contribution < -0.4 is 5.32 Å². The van der Waals surface area contributed by atoms with E-state index in [1.807, 2.05) is 54.3 Å². The Balaban J connectivity index is 1.20. The summed E-state index contributed by atoms with van der Waals surface area (Å²) in [5, 5.41) is 3.52. The van der Waals surface area contributed by atoms with Crippen molar-refractivity contribution < 1.29 is 14.0 Å². The summed E-state index contributed by atoms with van der Waals surface area (Å²) in [5.41, 5.74) is 2.73. The van der Waals surface area contributed by atoms with E-state index in [2.05, 4.69) is 15.2 Å². The van der Waals surface area contributed by atoms with Gasteiger partial charge in [-0.15, -0.1) is 0 Å². The van der Waals surface area contributed by atoms with Crippen LogP contribution >= 0.6 is 11.6 Å². The molecule has 1 aromatic heterocycles. The van der Waals surface area contributed by atoms with Gasteiger partial charge in [0.1, 0.15) is 0 Å². The van der Waals surface area contributed by atoms with Gasteiger partial charge in [0.15, 0.2) is 11.7 Å². The molecule has 0 aliphatic carbocycles. The number of carbonyl (C=O) groups excluding carboxylic acids is 2. The fourth-order valence-corrected chi connectivity index (χ4v) is 4.01. The summed E-state index contributed by atoms with van der Waals surface area (Å²) in [6, 6.07) is 15.2. The highest BCUT2D eigenvalue weighted by Gasteiger charge is 2.23. The quantitative estimate of drug-likeness (QED) is 0.569. The Labute approximate surface area is 198 Å². The number of nitrogens with one attached hydrogen (secondary N) is 1. The number of nitrogens with zero attached hydrogens (tertiary/aromatic N) is 3. The Kier molecular flexibility index (Phi) is 7.42. The summed E-state index contributed by atoms with van der Waals surface area (Å²) in [4.78, 5) is 33.1. The number of anilines is 1. The van der Waals surface area contributed by atoms with Gasteiger partial charge >= 0.3 is 0 Å². The molecule has 2 heterocycles. The Morgan fingerprint density at radius 2 is 1.79 bits per heavy atom. The summed E-state index contributed by atoms with van der Waals surface area (Å²) in [7, 11) is 0. The monoisotopic (exact) mass is 466 g/mol. The van der Waals surface area contributed by atoms with Crippen LogP contribution in [0.25, 0.3) is 11.3 Å². The molecule has 1 aliphatic heterocycles. The van der Waals surface area contributed by atoms with Crippen molar-refractivity contribution in [2.24, 2.45) is 0 Å². The first-order valence-corrected chi connectivity index (χ1v) is 11.4. The number of piperazine rings is 1. The van der Waals surface area contributed by atoms with E-state index in [-0.39, 0.29) is 11.8 Å². The van der Waals surface area contributed by atoms with E-state index in [9.17, 15) is 9.59 Å². The van der Waals surface area contributed by atoms with E-state index in [1.54, 1.807) is 12.3 Å². The molecule has 1 N–H and O–H groups in total. The smallest absolute Gasteiger partial charge is 0.238 e. The molecule has 7 nitrogen and oxygen atoms in total. The molecule has 0 unspecified atom stereocenters. The summed E-state index contributed by atoms with van der Waals surface area (Å²) < 4.78 is 5.79. The second-order valence-electron chi connectivity index (χ2n) is 8.17. The van der Waals surface area contributed by atoms with Crippen molar-refractivity contribution in [3.8, 4) is 11.3 Å². The zero-order valence-electron chi connectivity index (χ0n) is 18.6. The number of oxazole rings is 1. The van der Waals surface area contributed by atoms with Crippen molar-refractivity contribution in [1.82, 2.24) is 14.8 Å². The molecular weight excluding hydrogens is 440 g/mol. The number of aromatic nitrogens is 1. The van der Waals surface area contributed by atoms with Crippen LogP contribution in [0.4, 0.5) is 5.69 Å². The highest BCUT2D eigenvalue weighted by molar-refractivity contribution is 6.33. The van der Waals surface area contributed by atoms with Crippen LogP contribution in [0.1, 0.15) is 17.9 Å². The minimum Gasteiger partial charge on any atom is -0.441 e. The van der Waals surface area contributed by atoms with E-state index in [0.717, 1.165) is 16.8 Å². The third-order valence-corrected chi connectivity index (χ3v) is 6.00. The van der Waals surface area contributed by atoms with Crippen molar-refractivity contribution in [2.45, 2.75) is 19.8 Å². The molecule has 3 aromatic rings. The number of amides is 2. The van der Waals surface area contributed by atoms with Gasteiger partial charge in [-0.25, -0.2) is 4.98 Å². The maximum Gasteiger partial charge on any atom is 0.238 e. The number of hydrogen-bond donors (Lipinski definition) is 1. The van der Waals surface area contributed by atoms with Crippen LogP contribution in [0.15, 0.2) is 59.1 Å². The minimum absolute atomic E-state index is 0.0446. The van der Waals surface area contributed by atoms with Crippen molar-refractivity contribution >= 4 is 29.1 Å². The largest absolute Gasteiger partial charge is 0.441 e. The first-order chi connectivity index (χ1) is 16.0. The normalized spacial score (nSPS) is 14.3. The first-order valence-electron chi connectivity index (χ1n) is 11.0. The van der Waals surface area contributed by atoms with Crippen LogP contribution in [0.3, 0.4) is 0 Å². The number of carbonyl (C=O) groups is 2. The standard InChI is InChI=1S/C25H27ClN4O3/c1-18-6-8-19(9-7-18)28-23(31)17-29-12-14-30(15-13-29)25(32)11-10-24-27-16-22(33-24)20-4-2-3-5-21(20)26/h2-9,16H,10-15,17H2,1H3,(H,28,31). The fourth-order valence-electron chi connectivity index (χ4n) is 3.78. The lowest BCUT2D eigenvalue weighted by Crippen LogP contribution is -2.50. The summed E-state index contributed by atoms with van der Waals surface area (Å²) >= 11 is 6.21. The summed E-state index contributed by atoms with van der Waals surface area (Å²) in [6.07, 6.45) is 2.40. The highest BCUT2D eigenvalue weighted by Crippen LogP contribution is 2.28. The van der Waals surface area contributed by atoms with Gasteiger partial charge < -0.3 is 14.6 Å². The van der Waals surface area contributed by atoms with Gasteiger partial charge in [0.05, 0.1) is 17.8 Å². The minimum atomic E-state index is -0.0446. The van der Waals surface area contributed by atoms with Gasteiger partial charge in [-0.2, -0.15) is 0 Å². The zero-order valence-corrected chi connectivity index (χ0v) is 19.3. The lowest BCUT2D eigenvalue weighted by Gasteiger charge is -2.34. The molecule has 1 saturated heterocycles. The lowest BCUT2D eigenvalue weighted by atomic mass is 10.2. The van der Waals surface area contributed by atoms with Crippen molar-refractivity contribution in [3.05, 3.63) is 71.2 Å². The van der Waals surface area contributed by atoms with E-state index < -0.39 is 0 Å². The van der Waals surface area contributed by atoms with Crippen LogP contribution in [0, 0.1) is 6.92 Å². The van der Waals surface area contributed by atoms with Crippen LogP contribution in [0.5, 0.6) is 0 Å². The lowest BCUT2D eigenvalue weighted by molar-refractivity contribution is -0.133. The van der Waals surface area contributed by atoms with Gasteiger partial charge in [0.2, 0.25) is 11.8 Å². The molecule has 0 atom stereocenters. The zero-order chi connectivity index (χ0) is 23.2. The maximum absolute atomic E-state index is 12.6. The van der Waals surface area contributed by atoms with Gasteiger partial charge in [-0.05, 0) is 31.2 Å². The molecule has 0 bridgehead atoms. The number of aryl methyl sites for hydroxylation is 2. The van der Waals surface area contributed by atoms with Crippen LogP contribution in [0.2, 0.25) is 5.02 Å². The Hall–Kier alpha value is -3.16. The van der Waals surface area contributed by atoms with Crippen molar-refractivity contribution in [2.75, 3.05) is 38.0 Å². The van der Waals surface area contributed by atoms with Crippen molar-refractivity contribution in [3.63, 3.8) is 0 Å². The average Bonchev–Trinajstić information content (AvgIpc) is 3.28. The van der Waals surface area contributed by atoms with Gasteiger partial charge in [-0.3, -0.25) is 14.5 Å². The summed E-state index contributed by atoms with van der Waals surface area (Å²) in [5.74, 6) is 1.14. The predicted octanol–water partition coefficient (Wildman–Crippen LogP) is 4.02. The summed E-state index contributed by atoms with van der Waals surface area (Å²) in [6.45, 7) is 4.87. The number of halogens is 1. The molecule has 0 spiro atoms. The molecule has 172 valence electrons. The van der Waals surface area contributed by atoms with E-state index in [0.29, 0.717) is 62.2 Å². The average molecular weight is 467 g/mol. The SMILES string of the molecule is Cc1ccc(NC(=O)CN2CCN(C(=O)CCc3ncc(-c4ccccc4Cl)o3)CC2)cc1. The van der Waals surface area contributed by atoms with Gasteiger partial charge in [-0.1, -0.05) is 41.4 Å². The second kappa shape index (κ2) is 10.6. The van der Waals surface area contributed by atoms with Gasteiger partial charge in [0.25, 0.3) is 0 Å². The Morgan fingerprint density at radius 1 is 1.06 bits per heavy atom. The van der Waals surface area contributed by atoms with Crippen LogP contribution in [-0.2, 0) is 16.0 Å². The molecule has 1 aliphatic rings. The molecule has 8 heteroatoms. The molecule has 0 saturated carbocycles. The number of rotatable bonds is 7. The first kappa shape index (κ1) is 23.0. The van der Waals surface area contributed by atoms with Crippen LogP contribution in [-0.4, -0.2) is 59.3 Å².